The molecule has 8 rings (SSSR count). The Morgan fingerprint density at radius 1 is 0.620 bits per heavy atom. The van der Waals surface area contributed by atoms with E-state index >= 15 is 0 Å². The Hall–Kier alpha value is -6.30. The van der Waals surface area contributed by atoms with E-state index in [-0.39, 0.29) is 16.8 Å². The van der Waals surface area contributed by atoms with E-state index in [4.69, 9.17) is 10.2 Å². The smallest absolute Gasteiger partial charge is 0.269 e. The largest absolute Gasteiger partial charge is 0.278 e. The second-order valence-corrected chi connectivity index (χ2v) is 12.2. The van der Waals surface area contributed by atoms with Gasteiger partial charge in [0.15, 0.2) is 0 Å². The summed E-state index contributed by atoms with van der Waals surface area (Å²) in [5, 5.41) is 21.6. The number of para-hydroxylation sites is 2. The molecule has 1 aliphatic heterocycles. The van der Waals surface area contributed by atoms with Crippen LogP contribution in [0.4, 0.5) is 5.69 Å². The van der Waals surface area contributed by atoms with Crippen molar-refractivity contribution in [2.75, 3.05) is 13.1 Å². The van der Waals surface area contributed by atoms with Crippen LogP contribution in [0.15, 0.2) is 146 Å². The fraction of sp³-hybridized carbons (Fsp3) is 0.128. The van der Waals surface area contributed by atoms with Crippen LogP contribution in [0.5, 0.6) is 0 Å². The Kier molecular flexibility index (Phi) is 8.47. The third-order valence-corrected chi connectivity index (χ3v) is 9.01. The number of nitro benzene ring substituents is 1. The molecule has 0 saturated carbocycles. The molecule has 0 spiro atoms. The summed E-state index contributed by atoms with van der Waals surface area (Å²) in [5.74, 6) is 0. The van der Waals surface area contributed by atoms with Gasteiger partial charge in [-0.3, -0.25) is 29.9 Å². The summed E-state index contributed by atoms with van der Waals surface area (Å²) in [6.45, 7) is 2.77. The number of benzene rings is 3. The molecule has 0 atom stereocenters. The van der Waals surface area contributed by atoms with E-state index in [1.165, 1.54) is 0 Å². The minimum absolute atomic E-state index is 0.0656. The third kappa shape index (κ3) is 6.30. The van der Waals surface area contributed by atoms with Gasteiger partial charge in [-0.1, -0.05) is 36.4 Å². The quantitative estimate of drug-likeness (QED) is 0.113. The lowest BCUT2D eigenvalue weighted by atomic mass is 10.1. The van der Waals surface area contributed by atoms with Crippen LogP contribution in [-0.2, 0) is 13.1 Å². The molecule has 1 fully saturated rings. The normalized spacial score (nSPS) is 13.9. The third-order valence-electron chi connectivity index (χ3n) is 9.01. The van der Waals surface area contributed by atoms with Gasteiger partial charge in [-0.05, 0) is 66.2 Å². The summed E-state index contributed by atoms with van der Waals surface area (Å²) < 4.78 is 3.84. The van der Waals surface area contributed by atoms with Gasteiger partial charge in [-0.25, -0.2) is 9.36 Å². The maximum atomic E-state index is 11.6. The van der Waals surface area contributed by atoms with Crippen LogP contribution in [0.3, 0.4) is 0 Å². The predicted octanol–water partition coefficient (Wildman–Crippen LogP) is 7.11. The molecule has 4 aromatic heterocycles. The van der Waals surface area contributed by atoms with Crippen molar-refractivity contribution in [2.24, 2.45) is 0 Å². The van der Waals surface area contributed by atoms with E-state index in [1.807, 2.05) is 119 Å². The molecule has 1 saturated heterocycles. The maximum absolute atomic E-state index is 11.6. The molecule has 0 radical (unpaired) electrons. The summed E-state index contributed by atoms with van der Waals surface area (Å²) in [6, 6.07) is 35.0. The topological polar surface area (TPSA) is 111 Å². The lowest BCUT2D eigenvalue weighted by Gasteiger charge is -2.30. The summed E-state index contributed by atoms with van der Waals surface area (Å²) in [6.07, 6.45) is 11.2. The summed E-state index contributed by atoms with van der Waals surface area (Å²) in [4.78, 5) is 24.8. The minimum Gasteiger partial charge on any atom is -0.278 e. The van der Waals surface area contributed by atoms with Crippen LogP contribution in [0.2, 0.25) is 0 Å². The van der Waals surface area contributed by atoms with Crippen molar-refractivity contribution < 1.29 is 4.92 Å². The molecule has 5 heterocycles. The van der Waals surface area contributed by atoms with Gasteiger partial charge in [0.2, 0.25) is 0 Å². The minimum atomic E-state index is -0.357. The highest BCUT2D eigenvalue weighted by Gasteiger charge is 2.35. The monoisotopic (exact) mass is 659 g/mol. The Balaban J connectivity index is 1.18. The zero-order valence-corrected chi connectivity index (χ0v) is 27.1. The highest BCUT2D eigenvalue weighted by atomic mass is 16.6. The summed E-state index contributed by atoms with van der Waals surface area (Å²) >= 11 is 0. The number of aromatic nitrogens is 6. The molecular formula is C39H33N9O2. The molecule has 7 aromatic rings. The van der Waals surface area contributed by atoms with Gasteiger partial charge in [-0.2, -0.15) is 10.2 Å². The van der Waals surface area contributed by atoms with E-state index in [0.29, 0.717) is 13.1 Å². The Labute approximate surface area is 288 Å². The summed E-state index contributed by atoms with van der Waals surface area (Å²) in [5.41, 5.74) is 8.71. The molecule has 0 bridgehead atoms. The second kappa shape index (κ2) is 13.7. The number of rotatable bonds is 10. The first-order valence-electron chi connectivity index (χ1n) is 16.4. The van der Waals surface area contributed by atoms with Crippen molar-refractivity contribution in [2.45, 2.75) is 19.3 Å². The van der Waals surface area contributed by atoms with E-state index in [9.17, 15) is 10.1 Å². The van der Waals surface area contributed by atoms with Gasteiger partial charge in [0.1, 0.15) is 0 Å². The Bertz CT molecular complexity index is 2070. The van der Waals surface area contributed by atoms with Crippen LogP contribution in [0, 0.1) is 10.1 Å². The van der Waals surface area contributed by atoms with Crippen LogP contribution in [0.25, 0.3) is 33.9 Å². The number of hydrogen-bond donors (Lipinski definition) is 0. The van der Waals surface area contributed by atoms with E-state index in [1.54, 1.807) is 24.5 Å². The first kappa shape index (κ1) is 31.0. The standard InChI is InChI=1S/C39H33N9O2/c49-48(50)36-17-15-29(16-18-36)39-44(25-32-27-46(34-11-3-1-4-12-34)42-37(32)30-9-7-19-40-23-30)21-22-45(39)26-33-28-47(35-13-5-2-6-14-35)43-38(33)31-10-8-20-41-24-31/h1-20,23-24,27-28,39H,21-22,25-26H2. The van der Waals surface area contributed by atoms with Crippen molar-refractivity contribution >= 4 is 5.69 Å². The highest BCUT2D eigenvalue weighted by Crippen LogP contribution is 2.37. The van der Waals surface area contributed by atoms with Gasteiger partial charge >= 0.3 is 0 Å². The van der Waals surface area contributed by atoms with Gasteiger partial charge < -0.3 is 0 Å². The van der Waals surface area contributed by atoms with Gasteiger partial charge in [-0.15, -0.1) is 0 Å². The SMILES string of the molecule is O=[N+]([O-])c1ccc(C2N(Cc3cn(-c4ccccc4)nc3-c3cccnc3)CCN2Cc2cn(-c3ccccc3)nc2-c2cccnc2)cc1. The molecule has 3 aromatic carbocycles. The molecule has 11 nitrogen and oxygen atoms in total. The van der Waals surface area contributed by atoms with Crippen LogP contribution in [-0.4, -0.2) is 57.3 Å². The molecular weight excluding hydrogens is 626 g/mol. The van der Waals surface area contributed by atoms with Crippen molar-refractivity contribution in [3.8, 4) is 33.9 Å². The lowest BCUT2D eigenvalue weighted by Crippen LogP contribution is -2.30. The maximum Gasteiger partial charge on any atom is 0.269 e. The molecule has 0 aliphatic carbocycles. The van der Waals surface area contributed by atoms with Gasteiger partial charge in [0, 0.05) is 97.7 Å². The summed E-state index contributed by atoms with van der Waals surface area (Å²) in [7, 11) is 0. The van der Waals surface area contributed by atoms with Crippen LogP contribution >= 0.6 is 0 Å². The molecule has 1 aliphatic rings. The van der Waals surface area contributed by atoms with E-state index in [2.05, 4.69) is 32.2 Å². The van der Waals surface area contributed by atoms with Crippen molar-refractivity contribution in [3.63, 3.8) is 0 Å². The zero-order valence-electron chi connectivity index (χ0n) is 27.1. The first-order chi connectivity index (χ1) is 24.6. The van der Waals surface area contributed by atoms with Crippen molar-refractivity contribution in [1.29, 1.82) is 0 Å². The van der Waals surface area contributed by atoms with Gasteiger partial charge in [0.05, 0.1) is 33.9 Å². The molecule has 0 unspecified atom stereocenters. The van der Waals surface area contributed by atoms with Crippen LogP contribution < -0.4 is 0 Å². The van der Waals surface area contributed by atoms with E-state index in [0.717, 1.165) is 63.7 Å². The van der Waals surface area contributed by atoms with Gasteiger partial charge in [0.25, 0.3) is 5.69 Å². The Morgan fingerprint density at radius 2 is 1.10 bits per heavy atom. The number of pyridine rings is 2. The molecule has 0 amide bonds. The second-order valence-electron chi connectivity index (χ2n) is 12.2. The lowest BCUT2D eigenvalue weighted by molar-refractivity contribution is -0.384. The molecule has 11 heteroatoms. The predicted molar refractivity (Wildman–Crippen MR) is 190 cm³/mol. The van der Waals surface area contributed by atoms with E-state index < -0.39 is 0 Å². The Morgan fingerprint density at radius 3 is 1.52 bits per heavy atom. The van der Waals surface area contributed by atoms with Crippen LogP contribution in [0.1, 0.15) is 22.9 Å². The number of hydrogen-bond acceptors (Lipinski definition) is 8. The number of non-ortho nitro benzene ring substituents is 1. The molecule has 246 valence electrons. The average molecular weight is 660 g/mol. The first-order valence-corrected chi connectivity index (χ1v) is 16.4. The fourth-order valence-electron chi connectivity index (χ4n) is 6.66. The van der Waals surface area contributed by atoms with Crippen molar-refractivity contribution in [3.05, 3.63) is 173 Å². The van der Waals surface area contributed by atoms with Crippen molar-refractivity contribution in [1.82, 2.24) is 39.3 Å². The highest BCUT2D eigenvalue weighted by molar-refractivity contribution is 5.63. The average Bonchev–Trinajstić information content (AvgIpc) is 3.91. The molecule has 50 heavy (non-hydrogen) atoms. The number of nitrogens with zero attached hydrogens (tertiary/aromatic N) is 9. The molecule has 0 N–H and O–H groups in total. The number of nitro groups is 1. The fourth-order valence-corrected chi connectivity index (χ4v) is 6.66. The zero-order chi connectivity index (χ0) is 33.9.